The Morgan fingerprint density at radius 1 is 1.26 bits per heavy atom. The van der Waals surface area contributed by atoms with Gasteiger partial charge in [-0.2, -0.15) is 0 Å². The SMILES string of the molecule is CC(C)C(=O)N1CC(S(=O)(=O)c2ccc(F)cc2)C1. The summed E-state index contributed by atoms with van der Waals surface area (Å²) in [4.78, 5) is 13.3. The van der Waals surface area contributed by atoms with E-state index in [1.54, 1.807) is 13.8 Å². The zero-order valence-corrected chi connectivity index (χ0v) is 11.7. The fraction of sp³-hybridized carbons (Fsp3) is 0.462. The van der Waals surface area contributed by atoms with Crippen molar-refractivity contribution < 1.29 is 17.6 Å². The zero-order valence-electron chi connectivity index (χ0n) is 10.8. The van der Waals surface area contributed by atoms with Crippen molar-refractivity contribution in [3.05, 3.63) is 30.1 Å². The molecular formula is C13H16FNO3S. The van der Waals surface area contributed by atoms with E-state index in [4.69, 9.17) is 0 Å². The Labute approximate surface area is 112 Å². The third-order valence-electron chi connectivity index (χ3n) is 3.23. The molecular weight excluding hydrogens is 269 g/mol. The van der Waals surface area contributed by atoms with Crippen molar-refractivity contribution in [1.82, 2.24) is 4.90 Å². The van der Waals surface area contributed by atoms with Gasteiger partial charge in [-0.15, -0.1) is 0 Å². The molecule has 4 nitrogen and oxygen atoms in total. The van der Waals surface area contributed by atoms with Gasteiger partial charge in [0.1, 0.15) is 11.1 Å². The number of hydrogen-bond acceptors (Lipinski definition) is 3. The minimum absolute atomic E-state index is 0.0365. The average molecular weight is 285 g/mol. The smallest absolute Gasteiger partial charge is 0.225 e. The normalized spacial score (nSPS) is 16.5. The lowest BCUT2D eigenvalue weighted by molar-refractivity contribution is -0.137. The van der Waals surface area contributed by atoms with Gasteiger partial charge in [0.2, 0.25) is 5.91 Å². The summed E-state index contributed by atoms with van der Waals surface area (Å²) in [6, 6.07) is 4.78. The first kappa shape index (κ1) is 14.0. The third kappa shape index (κ3) is 2.63. The summed E-state index contributed by atoms with van der Waals surface area (Å²) in [7, 11) is -3.47. The molecule has 0 atom stereocenters. The molecule has 1 aliphatic rings. The number of benzene rings is 1. The molecule has 0 spiro atoms. The van der Waals surface area contributed by atoms with Crippen molar-refractivity contribution in [2.45, 2.75) is 24.0 Å². The first-order valence-electron chi connectivity index (χ1n) is 6.10. The lowest BCUT2D eigenvalue weighted by Crippen LogP contribution is -2.57. The summed E-state index contributed by atoms with van der Waals surface area (Å²) < 4.78 is 37.2. The summed E-state index contributed by atoms with van der Waals surface area (Å²) in [6.07, 6.45) is 0. The lowest BCUT2D eigenvalue weighted by Gasteiger charge is -2.39. The van der Waals surface area contributed by atoms with E-state index in [9.17, 15) is 17.6 Å². The van der Waals surface area contributed by atoms with Gasteiger partial charge in [-0.25, -0.2) is 12.8 Å². The van der Waals surface area contributed by atoms with Gasteiger partial charge in [-0.05, 0) is 24.3 Å². The van der Waals surface area contributed by atoms with Crippen LogP contribution in [-0.4, -0.2) is 37.6 Å². The number of sulfone groups is 1. The van der Waals surface area contributed by atoms with E-state index < -0.39 is 20.9 Å². The quantitative estimate of drug-likeness (QED) is 0.790. The van der Waals surface area contributed by atoms with Crippen LogP contribution in [0.3, 0.4) is 0 Å². The minimum atomic E-state index is -3.47. The average Bonchev–Trinajstić information content (AvgIpc) is 2.26. The standard InChI is InChI=1S/C13H16FNO3S/c1-9(2)13(16)15-7-12(8-15)19(17,18)11-5-3-10(14)4-6-11/h3-6,9,12H,7-8H2,1-2H3. The van der Waals surface area contributed by atoms with E-state index in [2.05, 4.69) is 0 Å². The van der Waals surface area contributed by atoms with E-state index in [0.29, 0.717) is 0 Å². The van der Waals surface area contributed by atoms with Crippen molar-refractivity contribution in [3.8, 4) is 0 Å². The number of halogens is 1. The Balaban J connectivity index is 2.08. The van der Waals surface area contributed by atoms with E-state index >= 15 is 0 Å². The second kappa shape index (κ2) is 4.92. The van der Waals surface area contributed by atoms with Crippen molar-refractivity contribution in [2.75, 3.05) is 13.1 Å². The number of carbonyl (C=O) groups is 1. The van der Waals surface area contributed by atoms with E-state index in [1.807, 2.05) is 0 Å². The molecule has 6 heteroatoms. The highest BCUT2D eigenvalue weighted by Crippen LogP contribution is 2.25. The first-order valence-corrected chi connectivity index (χ1v) is 7.65. The van der Waals surface area contributed by atoms with Crippen molar-refractivity contribution >= 4 is 15.7 Å². The van der Waals surface area contributed by atoms with Crippen LogP contribution in [-0.2, 0) is 14.6 Å². The van der Waals surface area contributed by atoms with Crippen molar-refractivity contribution in [3.63, 3.8) is 0 Å². The van der Waals surface area contributed by atoms with E-state index in [1.165, 1.54) is 17.0 Å². The lowest BCUT2D eigenvalue weighted by atomic mass is 10.1. The highest BCUT2D eigenvalue weighted by atomic mass is 32.2. The predicted octanol–water partition coefficient (Wildman–Crippen LogP) is 1.47. The maximum absolute atomic E-state index is 12.8. The monoisotopic (exact) mass is 285 g/mol. The molecule has 19 heavy (non-hydrogen) atoms. The summed E-state index contributed by atoms with van der Waals surface area (Å²) in [5.41, 5.74) is 0. The van der Waals surface area contributed by atoms with Crippen LogP contribution in [0.5, 0.6) is 0 Å². The van der Waals surface area contributed by atoms with Crippen LogP contribution >= 0.6 is 0 Å². The van der Waals surface area contributed by atoms with Crippen LogP contribution in [0.25, 0.3) is 0 Å². The maximum atomic E-state index is 12.8. The molecule has 1 aliphatic heterocycles. The third-order valence-corrected chi connectivity index (χ3v) is 5.34. The van der Waals surface area contributed by atoms with Crippen LogP contribution in [0.1, 0.15) is 13.8 Å². The number of amides is 1. The molecule has 0 radical (unpaired) electrons. The molecule has 2 rings (SSSR count). The molecule has 1 fully saturated rings. The van der Waals surface area contributed by atoms with Crippen molar-refractivity contribution in [2.24, 2.45) is 5.92 Å². The van der Waals surface area contributed by atoms with Gasteiger partial charge in [0.25, 0.3) is 0 Å². The molecule has 0 N–H and O–H groups in total. The fourth-order valence-electron chi connectivity index (χ4n) is 2.00. The van der Waals surface area contributed by atoms with Crippen molar-refractivity contribution in [1.29, 1.82) is 0 Å². The Bertz CT molecular complexity index is 574. The van der Waals surface area contributed by atoms with Gasteiger partial charge in [-0.3, -0.25) is 4.79 Å². The zero-order chi connectivity index (χ0) is 14.2. The van der Waals surface area contributed by atoms with Gasteiger partial charge in [0, 0.05) is 19.0 Å². The molecule has 1 heterocycles. The predicted molar refractivity (Wildman–Crippen MR) is 68.8 cm³/mol. The van der Waals surface area contributed by atoms with E-state index in [-0.39, 0.29) is 29.8 Å². The molecule has 1 amide bonds. The molecule has 1 aromatic carbocycles. The molecule has 0 bridgehead atoms. The van der Waals surface area contributed by atoms with Crippen LogP contribution in [0.15, 0.2) is 29.2 Å². The first-order chi connectivity index (χ1) is 8.82. The second-order valence-electron chi connectivity index (χ2n) is 5.02. The fourth-order valence-corrected chi connectivity index (χ4v) is 3.65. The summed E-state index contributed by atoms with van der Waals surface area (Å²) in [5, 5.41) is -0.583. The van der Waals surface area contributed by atoms with Gasteiger partial charge in [0.05, 0.1) is 4.90 Å². The van der Waals surface area contributed by atoms with Crippen LogP contribution in [0.2, 0.25) is 0 Å². The molecule has 1 saturated heterocycles. The topological polar surface area (TPSA) is 54.5 Å². The second-order valence-corrected chi connectivity index (χ2v) is 7.25. The Morgan fingerprint density at radius 2 is 1.79 bits per heavy atom. The van der Waals surface area contributed by atoms with Crippen LogP contribution < -0.4 is 0 Å². The number of likely N-dealkylation sites (tertiary alicyclic amines) is 1. The number of carbonyl (C=O) groups excluding carboxylic acids is 1. The number of rotatable bonds is 3. The Morgan fingerprint density at radius 3 is 2.26 bits per heavy atom. The summed E-state index contributed by atoms with van der Waals surface area (Å²) in [6.45, 7) is 4.00. The van der Waals surface area contributed by atoms with E-state index in [0.717, 1.165) is 12.1 Å². The molecule has 0 unspecified atom stereocenters. The Kier molecular flexibility index (Phi) is 3.62. The molecule has 0 aliphatic carbocycles. The van der Waals surface area contributed by atoms with Crippen LogP contribution in [0, 0.1) is 11.7 Å². The van der Waals surface area contributed by atoms with Crippen LogP contribution in [0.4, 0.5) is 4.39 Å². The molecule has 0 saturated carbocycles. The number of nitrogens with zero attached hydrogens (tertiary/aromatic N) is 1. The number of hydrogen-bond donors (Lipinski definition) is 0. The largest absolute Gasteiger partial charge is 0.340 e. The molecule has 0 aromatic heterocycles. The summed E-state index contributed by atoms with van der Waals surface area (Å²) in [5.74, 6) is -0.635. The highest BCUT2D eigenvalue weighted by Gasteiger charge is 2.40. The molecule has 1 aromatic rings. The minimum Gasteiger partial charge on any atom is -0.340 e. The van der Waals surface area contributed by atoms with Gasteiger partial charge >= 0.3 is 0 Å². The maximum Gasteiger partial charge on any atom is 0.225 e. The van der Waals surface area contributed by atoms with Gasteiger partial charge < -0.3 is 4.90 Å². The highest BCUT2D eigenvalue weighted by molar-refractivity contribution is 7.92. The summed E-state index contributed by atoms with van der Waals surface area (Å²) >= 11 is 0. The molecule has 104 valence electrons. The van der Waals surface area contributed by atoms with Gasteiger partial charge in [0.15, 0.2) is 9.84 Å². The Hall–Kier alpha value is -1.43. The van der Waals surface area contributed by atoms with Gasteiger partial charge in [-0.1, -0.05) is 13.8 Å².